The van der Waals surface area contributed by atoms with Gasteiger partial charge in [-0.05, 0) is 31.4 Å². The number of hydrogen-bond acceptors (Lipinski definition) is 3. The van der Waals surface area contributed by atoms with Gasteiger partial charge < -0.3 is 14.9 Å². The SMILES string of the molecule is OCC12CC[C@H](O)CC1COc1c(F)ccc(F)c12. The van der Waals surface area contributed by atoms with E-state index in [-0.39, 0.29) is 30.4 Å². The Morgan fingerprint density at radius 1 is 1.32 bits per heavy atom. The lowest BCUT2D eigenvalue weighted by Gasteiger charge is -2.48. The molecule has 1 aromatic carbocycles. The fourth-order valence-corrected chi connectivity index (χ4v) is 3.47. The van der Waals surface area contributed by atoms with Gasteiger partial charge in [0.2, 0.25) is 0 Å². The number of halogens is 2. The molecule has 2 aliphatic rings. The van der Waals surface area contributed by atoms with Gasteiger partial charge in [0, 0.05) is 16.9 Å². The normalized spacial score (nSPS) is 33.3. The molecular weight excluding hydrogens is 254 g/mol. The van der Waals surface area contributed by atoms with Crippen molar-refractivity contribution in [3.8, 4) is 5.75 Å². The molecule has 0 aromatic heterocycles. The van der Waals surface area contributed by atoms with Gasteiger partial charge in [-0.2, -0.15) is 0 Å². The molecule has 3 nitrogen and oxygen atoms in total. The minimum Gasteiger partial charge on any atom is -0.490 e. The fraction of sp³-hybridized carbons (Fsp3) is 0.571. The van der Waals surface area contributed by atoms with Crippen LogP contribution in [0.3, 0.4) is 0 Å². The quantitative estimate of drug-likeness (QED) is 0.817. The highest BCUT2D eigenvalue weighted by Gasteiger charge is 2.50. The van der Waals surface area contributed by atoms with E-state index in [0.717, 1.165) is 12.1 Å². The van der Waals surface area contributed by atoms with E-state index in [9.17, 15) is 19.0 Å². The predicted molar refractivity (Wildman–Crippen MR) is 64.0 cm³/mol. The maximum Gasteiger partial charge on any atom is 0.165 e. The van der Waals surface area contributed by atoms with Gasteiger partial charge in [0.15, 0.2) is 11.6 Å². The van der Waals surface area contributed by atoms with Crippen LogP contribution in [0.2, 0.25) is 0 Å². The number of ether oxygens (including phenoxy) is 1. The molecule has 1 heterocycles. The first-order valence-electron chi connectivity index (χ1n) is 6.48. The highest BCUT2D eigenvalue weighted by atomic mass is 19.1. The predicted octanol–water partition coefficient (Wildman–Crippen LogP) is 1.75. The monoisotopic (exact) mass is 270 g/mol. The highest BCUT2D eigenvalue weighted by Crippen LogP contribution is 2.51. The van der Waals surface area contributed by atoms with Crippen LogP contribution in [0.4, 0.5) is 8.78 Å². The summed E-state index contributed by atoms with van der Waals surface area (Å²) >= 11 is 0. The summed E-state index contributed by atoms with van der Waals surface area (Å²) in [6, 6.07) is 2.11. The standard InChI is InChI=1S/C14H16F2O3/c15-10-1-2-11(16)13-12(10)14(7-17)4-3-9(18)5-8(14)6-19-13/h1-2,8-9,17-18H,3-7H2/t8?,9-,14?/m0/s1. The number of aliphatic hydroxyl groups is 2. The second kappa shape index (κ2) is 4.42. The van der Waals surface area contributed by atoms with Crippen LogP contribution in [-0.2, 0) is 5.41 Å². The van der Waals surface area contributed by atoms with Gasteiger partial charge in [0.1, 0.15) is 5.82 Å². The third kappa shape index (κ3) is 1.75. The van der Waals surface area contributed by atoms with Gasteiger partial charge in [0.25, 0.3) is 0 Å². The molecule has 5 heteroatoms. The lowest BCUT2D eigenvalue weighted by Crippen LogP contribution is -2.50. The molecule has 0 saturated heterocycles. The Morgan fingerprint density at radius 3 is 2.79 bits per heavy atom. The molecule has 1 saturated carbocycles. The lowest BCUT2D eigenvalue weighted by molar-refractivity contribution is -0.0157. The molecule has 0 spiro atoms. The smallest absolute Gasteiger partial charge is 0.165 e. The molecular formula is C14H16F2O3. The van der Waals surface area contributed by atoms with Crippen molar-refractivity contribution in [3.63, 3.8) is 0 Å². The Labute approximate surface area is 109 Å². The Bertz CT molecular complexity index is 506. The van der Waals surface area contributed by atoms with Crippen molar-refractivity contribution in [2.24, 2.45) is 5.92 Å². The van der Waals surface area contributed by atoms with Crippen LogP contribution >= 0.6 is 0 Å². The van der Waals surface area contributed by atoms with Crippen LogP contribution in [-0.4, -0.2) is 29.5 Å². The molecule has 3 atom stereocenters. The van der Waals surface area contributed by atoms with Crippen molar-refractivity contribution in [1.82, 2.24) is 0 Å². The minimum absolute atomic E-state index is 0.0818. The summed E-state index contributed by atoms with van der Waals surface area (Å²) in [5, 5.41) is 19.5. The van der Waals surface area contributed by atoms with Crippen molar-refractivity contribution in [2.45, 2.75) is 30.8 Å². The van der Waals surface area contributed by atoms with Gasteiger partial charge in [-0.1, -0.05) is 0 Å². The number of rotatable bonds is 1. The second-order valence-electron chi connectivity index (χ2n) is 5.48. The Balaban J connectivity index is 2.17. The fourth-order valence-electron chi connectivity index (χ4n) is 3.47. The van der Waals surface area contributed by atoms with Crippen molar-refractivity contribution in [2.75, 3.05) is 13.2 Å². The Morgan fingerprint density at radius 2 is 2.05 bits per heavy atom. The zero-order valence-electron chi connectivity index (χ0n) is 10.4. The van der Waals surface area contributed by atoms with E-state index in [4.69, 9.17) is 4.74 Å². The molecule has 0 radical (unpaired) electrons. The van der Waals surface area contributed by atoms with E-state index in [2.05, 4.69) is 0 Å². The summed E-state index contributed by atoms with van der Waals surface area (Å²) in [4.78, 5) is 0. The average Bonchev–Trinajstić information content (AvgIpc) is 2.42. The number of fused-ring (bicyclic) bond motifs is 3. The van der Waals surface area contributed by atoms with Crippen molar-refractivity contribution in [3.05, 3.63) is 29.3 Å². The van der Waals surface area contributed by atoms with Gasteiger partial charge in [-0.25, -0.2) is 8.78 Å². The molecule has 0 amide bonds. The number of benzene rings is 1. The third-order valence-electron chi connectivity index (χ3n) is 4.53. The molecule has 0 bridgehead atoms. The molecule has 2 N–H and O–H groups in total. The zero-order valence-corrected chi connectivity index (χ0v) is 10.4. The van der Waals surface area contributed by atoms with Crippen LogP contribution in [0.25, 0.3) is 0 Å². The van der Waals surface area contributed by atoms with Crippen molar-refractivity contribution in [1.29, 1.82) is 0 Å². The molecule has 19 heavy (non-hydrogen) atoms. The van der Waals surface area contributed by atoms with E-state index in [1.807, 2.05) is 0 Å². The van der Waals surface area contributed by atoms with E-state index < -0.39 is 23.2 Å². The topological polar surface area (TPSA) is 49.7 Å². The molecule has 3 rings (SSSR count). The molecule has 1 aromatic rings. The zero-order chi connectivity index (χ0) is 13.6. The summed E-state index contributed by atoms with van der Waals surface area (Å²) in [6.07, 6.45) is 0.889. The lowest BCUT2D eigenvalue weighted by atomic mass is 9.61. The van der Waals surface area contributed by atoms with E-state index in [1.165, 1.54) is 0 Å². The van der Waals surface area contributed by atoms with E-state index in [0.29, 0.717) is 19.3 Å². The maximum absolute atomic E-state index is 14.1. The maximum atomic E-state index is 14.1. The van der Waals surface area contributed by atoms with Crippen LogP contribution in [0.15, 0.2) is 12.1 Å². The molecule has 1 fully saturated rings. The van der Waals surface area contributed by atoms with Crippen LogP contribution in [0, 0.1) is 17.6 Å². The third-order valence-corrected chi connectivity index (χ3v) is 4.53. The van der Waals surface area contributed by atoms with E-state index >= 15 is 0 Å². The molecule has 2 unspecified atom stereocenters. The number of hydrogen-bond donors (Lipinski definition) is 2. The van der Waals surface area contributed by atoms with Crippen molar-refractivity contribution >= 4 is 0 Å². The largest absolute Gasteiger partial charge is 0.490 e. The van der Waals surface area contributed by atoms with Gasteiger partial charge in [-0.15, -0.1) is 0 Å². The number of aliphatic hydroxyl groups excluding tert-OH is 2. The summed E-state index contributed by atoms with van der Waals surface area (Å²) in [7, 11) is 0. The van der Waals surface area contributed by atoms with Crippen LogP contribution < -0.4 is 4.74 Å². The van der Waals surface area contributed by atoms with Gasteiger partial charge >= 0.3 is 0 Å². The summed E-state index contributed by atoms with van der Waals surface area (Å²) in [6.45, 7) is -0.0634. The Hall–Kier alpha value is -1.20. The minimum atomic E-state index is -0.834. The summed E-state index contributed by atoms with van der Waals surface area (Å²) in [5.74, 6) is -1.42. The Kier molecular flexibility index (Phi) is 2.98. The molecule has 104 valence electrons. The van der Waals surface area contributed by atoms with Crippen LogP contribution in [0.5, 0.6) is 5.75 Å². The first-order valence-corrected chi connectivity index (χ1v) is 6.48. The molecule has 1 aliphatic carbocycles. The van der Waals surface area contributed by atoms with Gasteiger partial charge in [-0.3, -0.25) is 0 Å². The van der Waals surface area contributed by atoms with E-state index in [1.54, 1.807) is 0 Å². The van der Waals surface area contributed by atoms with Crippen LogP contribution in [0.1, 0.15) is 24.8 Å². The second-order valence-corrected chi connectivity index (χ2v) is 5.48. The van der Waals surface area contributed by atoms with Gasteiger partial charge in [0.05, 0.1) is 19.3 Å². The first kappa shape index (κ1) is 12.8. The average molecular weight is 270 g/mol. The first-order chi connectivity index (χ1) is 9.08. The molecule has 1 aliphatic heterocycles. The summed E-state index contributed by atoms with van der Waals surface area (Å²) in [5.41, 5.74) is -0.697. The summed E-state index contributed by atoms with van der Waals surface area (Å²) < 4.78 is 33.2. The van der Waals surface area contributed by atoms with Crippen molar-refractivity contribution < 1.29 is 23.7 Å². The highest BCUT2D eigenvalue weighted by molar-refractivity contribution is 5.45.